The largest absolute Gasteiger partial charge is 0.490 e. The number of nitrogen functional groups attached to an aromatic ring is 2. The molecule has 45 heteroatoms. The summed E-state index contributed by atoms with van der Waals surface area (Å²) in [6, 6.07) is -0.840. The number of anilines is 2. The zero-order chi connectivity index (χ0) is 62.0. The molecule has 12 atom stereocenters. The zero-order valence-electron chi connectivity index (χ0n) is 42.7. The summed E-state index contributed by atoms with van der Waals surface area (Å²) in [6.07, 6.45) is -2.21. The van der Waals surface area contributed by atoms with E-state index in [9.17, 15) is 76.4 Å². The molecule has 0 aliphatic carbocycles. The number of unbranched alkanes of at least 4 members (excludes halogenated alkanes) is 2. The van der Waals surface area contributed by atoms with Gasteiger partial charge in [-0.25, -0.2) is 37.0 Å². The molecule has 2 aliphatic rings. The highest BCUT2D eigenvalue weighted by atomic mass is 31.3. The predicted octanol–water partition coefficient (Wildman–Crippen LogP) is -2.35. The summed E-state index contributed by atoms with van der Waals surface area (Å²) >= 11 is 0. The van der Waals surface area contributed by atoms with Gasteiger partial charge in [0.25, 0.3) is 0 Å². The first-order valence-corrected chi connectivity index (χ1v) is 32.4. The maximum Gasteiger partial charge on any atom is 0.490 e. The van der Waals surface area contributed by atoms with Crippen molar-refractivity contribution in [2.75, 3.05) is 51.0 Å². The summed E-state index contributed by atoms with van der Waals surface area (Å²) in [6.45, 7) is 0.239. The minimum atomic E-state index is -5.74. The second kappa shape index (κ2) is 31.9. The normalized spacial score (nSPS) is 22.7. The molecule has 39 nitrogen and oxygen atoms in total. The van der Waals surface area contributed by atoms with E-state index in [2.05, 4.69) is 59.9 Å². The van der Waals surface area contributed by atoms with Gasteiger partial charge in [0.2, 0.25) is 0 Å². The van der Waals surface area contributed by atoms with Crippen LogP contribution in [-0.4, -0.2) is 150 Å². The maximum absolute atomic E-state index is 12.4. The van der Waals surface area contributed by atoms with Gasteiger partial charge in [0.05, 0.1) is 42.5 Å². The van der Waals surface area contributed by atoms with Gasteiger partial charge < -0.3 is 97.0 Å². The Labute approximate surface area is 463 Å². The number of esters is 2. The SMILES string of the molecule is CC(CCCCN)C(=O)OCC#Cc1cn([C@H]2C[C@@H](O)[C@@H](COP(=O)(O)OP(=O)(O)OP(=O)(O)O)O2)c(=O)nc1N.NCCCCC(N)C(=O)OCC#Cc1cn([C@H]2C[C@@H](O)[C@@H](COP(=O)(O)OP(=O)(O)OP(=O)(O)O)O2)c(=O)nc1N. The standard InChI is InChI=1S/C19H31N4O15P3.C18H30N5O15P3/c1-12(5-2-3-7-20)18(25)34-8-4-6-13-10-23(19(26)22-17(13)21)16-9-14(24)15(36-16)11-35-40(30,31)38-41(32,33)37-39(27,28)29;19-6-2-1-5-12(20)17(25)34-7-3-4-11-9-23(18(26)22-16(11)21)15-8-13(24)14(36-15)10-35-40(30,31)38-41(32,33)37-39(27,28)29/h10,12,14-16,24H,2-3,5,7-9,11,20H2,1H3,(H,30,31)(H,32,33)(H2,21,22,26)(H2,27,28,29);9,12-15,24H,1-2,5-8,10,19-20H2,(H,30,31)(H,32,33)(H2,21,22,26)(H2,27,28,29)/t12?,14-,15-,16-;12?,13-,14-,15-/m11/s1. The third-order valence-corrected chi connectivity index (χ3v) is 18.0. The molecule has 6 unspecified atom stereocenters. The third kappa shape index (κ3) is 26.1. The van der Waals surface area contributed by atoms with E-state index in [0.29, 0.717) is 38.8 Å². The van der Waals surface area contributed by atoms with Crippen molar-refractivity contribution < 1.29 is 132 Å². The summed E-state index contributed by atoms with van der Waals surface area (Å²) in [4.78, 5) is 128. The Bertz CT molecular complexity index is 2880. The fraction of sp³-hybridized carbons (Fsp3) is 0.622. The number of ether oxygens (including phenoxy) is 4. The molecule has 0 radical (unpaired) electrons. The van der Waals surface area contributed by atoms with Gasteiger partial charge in [-0.1, -0.05) is 43.4 Å². The monoisotopic (exact) mass is 1300 g/mol. The lowest BCUT2D eigenvalue weighted by atomic mass is 10.0. The highest BCUT2D eigenvalue weighted by Crippen LogP contribution is 2.67. The quantitative estimate of drug-likeness (QED) is 0.0183. The molecule has 4 rings (SSSR count). The van der Waals surface area contributed by atoms with Gasteiger partial charge in [-0.3, -0.25) is 27.8 Å². The number of aliphatic hydroxyl groups is 2. The average Bonchev–Trinajstić information content (AvgIpc) is 3.94. The van der Waals surface area contributed by atoms with Gasteiger partial charge in [-0.15, -0.1) is 0 Å². The first-order valence-electron chi connectivity index (χ1n) is 23.3. The smallest absolute Gasteiger partial charge is 0.452 e. The molecule has 20 N–H and O–H groups in total. The number of carbonyl (C=O) groups excluding carboxylic acids is 2. The molecular formula is C37H61N9O30P6. The second-order valence-electron chi connectivity index (χ2n) is 17.0. The fourth-order valence-electron chi connectivity index (χ4n) is 6.65. The second-order valence-corrected chi connectivity index (χ2v) is 25.8. The van der Waals surface area contributed by atoms with E-state index in [1.807, 2.05) is 0 Å². The number of hydrogen-bond acceptors (Lipinski definition) is 29. The van der Waals surface area contributed by atoms with Crippen molar-refractivity contribution in [1.29, 1.82) is 0 Å². The number of hydrogen-bond donors (Lipinski definition) is 15. The number of phosphoric ester groups is 2. The van der Waals surface area contributed by atoms with Gasteiger partial charge in [0, 0.05) is 25.2 Å². The average molecular weight is 1300 g/mol. The molecule has 0 saturated carbocycles. The van der Waals surface area contributed by atoms with Crippen LogP contribution in [0.15, 0.2) is 22.0 Å². The van der Waals surface area contributed by atoms with E-state index in [1.165, 1.54) is 6.20 Å². The highest BCUT2D eigenvalue weighted by molar-refractivity contribution is 7.67. The van der Waals surface area contributed by atoms with Gasteiger partial charge >= 0.3 is 70.3 Å². The molecule has 0 aromatic carbocycles. The molecule has 464 valence electrons. The minimum Gasteiger partial charge on any atom is -0.452 e. The van der Waals surface area contributed by atoms with E-state index in [-0.39, 0.29) is 54.7 Å². The molecule has 2 aliphatic heterocycles. The van der Waals surface area contributed by atoms with Crippen LogP contribution in [0.25, 0.3) is 0 Å². The van der Waals surface area contributed by atoms with Crippen LogP contribution in [0.2, 0.25) is 0 Å². The van der Waals surface area contributed by atoms with E-state index in [4.69, 9.17) is 67.2 Å². The Kier molecular flexibility index (Phi) is 28.1. The Morgan fingerprint density at radius 2 is 1.01 bits per heavy atom. The number of aliphatic hydroxyl groups excluding tert-OH is 2. The number of nitrogens with two attached hydrogens (primary N) is 5. The van der Waals surface area contributed by atoms with Crippen LogP contribution in [0, 0.1) is 29.6 Å². The first-order chi connectivity index (χ1) is 37.9. The molecule has 2 aromatic rings. The fourth-order valence-corrected chi connectivity index (χ4v) is 12.7. The third-order valence-electron chi connectivity index (χ3n) is 10.4. The maximum atomic E-state index is 12.4. The molecular weight excluding hydrogens is 1240 g/mol. The van der Waals surface area contributed by atoms with E-state index in [0.717, 1.165) is 28.2 Å². The van der Waals surface area contributed by atoms with Crippen LogP contribution in [0.3, 0.4) is 0 Å². The van der Waals surface area contributed by atoms with E-state index < -0.39 is 126 Å². The highest BCUT2D eigenvalue weighted by Gasteiger charge is 2.45. The molecule has 82 heavy (non-hydrogen) atoms. The number of carbonyl (C=O) groups is 2. The van der Waals surface area contributed by atoms with Crippen LogP contribution in [0.5, 0.6) is 0 Å². The van der Waals surface area contributed by atoms with Crippen LogP contribution in [0.4, 0.5) is 11.6 Å². The number of phosphoric acid groups is 6. The van der Waals surface area contributed by atoms with E-state index in [1.54, 1.807) is 6.92 Å². The topological polar surface area (TPSA) is 631 Å². The van der Waals surface area contributed by atoms with Gasteiger partial charge in [-0.2, -0.15) is 27.2 Å². The number of nitrogens with zero attached hydrogens (tertiary/aromatic N) is 4. The lowest BCUT2D eigenvalue weighted by molar-refractivity contribution is -0.146. The van der Waals surface area contributed by atoms with Crippen LogP contribution in [-0.2, 0) is 82.2 Å². The molecule has 0 spiro atoms. The van der Waals surface area contributed by atoms with Crippen molar-refractivity contribution in [2.45, 2.75) is 101 Å². The summed E-state index contributed by atoms with van der Waals surface area (Å²) in [5.74, 6) is 8.37. The zero-order valence-corrected chi connectivity index (χ0v) is 48.0. The van der Waals surface area contributed by atoms with Gasteiger partial charge in [0.15, 0.2) is 13.2 Å². The number of aromatic nitrogens is 4. The lowest BCUT2D eigenvalue weighted by Crippen LogP contribution is -2.32. The first kappa shape index (κ1) is 72.2. The summed E-state index contributed by atoms with van der Waals surface area (Å²) in [5, 5.41) is 20.5. The molecule has 0 bridgehead atoms. The summed E-state index contributed by atoms with van der Waals surface area (Å²) < 4.78 is 114. The summed E-state index contributed by atoms with van der Waals surface area (Å²) in [7, 11) is -33.6. The van der Waals surface area contributed by atoms with Crippen LogP contribution >= 0.6 is 46.9 Å². The summed E-state index contributed by atoms with van der Waals surface area (Å²) in [5.41, 5.74) is 26.3. The van der Waals surface area contributed by atoms with Crippen molar-refractivity contribution in [3.8, 4) is 23.7 Å². The van der Waals surface area contributed by atoms with Gasteiger partial charge in [0.1, 0.15) is 42.3 Å². The minimum absolute atomic E-state index is 0.0303. The Balaban J connectivity index is 0.000000430. The molecule has 2 saturated heterocycles. The molecule has 4 heterocycles. The molecule has 2 fully saturated rings. The number of rotatable bonds is 28. The Hall–Kier alpha value is -4.04. The lowest BCUT2D eigenvalue weighted by Gasteiger charge is -2.19. The van der Waals surface area contributed by atoms with Crippen LogP contribution < -0.4 is 40.0 Å². The Morgan fingerprint density at radius 1 is 0.634 bits per heavy atom. The van der Waals surface area contributed by atoms with Crippen molar-refractivity contribution in [1.82, 2.24) is 19.1 Å². The van der Waals surface area contributed by atoms with E-state index >= 15 is 0 Å². The van der Waals surface area contributed by atoms with Crippen LogP contribution in [0.1, 0.15) is 81.9 Å². The predicted molar refractivity (Wildman–Crippen MR) is 273 cm³/mol. The van der Waals surface area contributed by atoms with Crippen molar-refractivity contribution in [3.63, 3.8) is 0 Å². The van der Waals surface area contributed by atoms with Crippen molar-refractivity contribution >= 4 is 70.5 Å². The van der Waals surface area contributed by atoms with Crippen molar-refractivity contribution in [2.24, 2.45) is 23.1 Å². The molecule has 2 aromatic heterocycles. The Morgan fingerprint density at radius 3 is 1.39 bits per heavy atom. The van der Waals surface area contributed by atoms with Crippen molar-refractivity contribution in [3.05, 3.63) is 44.5 Å². The van der Waals surface area contributed by atoms with Gasteiger partial charge in [-0.05, 0) is 38.8 Å². The molecule has 0 amide bonds.